The molecule has 5 nitrogen and oxygen atoms in total. The van der Waals surface area contributed by atoms with E-state index in [1.165, 1.54) is 11.1 Å². The van der Waals surface area contributed by atoms with Crippen LogP contribution in [0.1, 0.15) is 23.6 Å². The zero-order valence-corrected chi connectivity index (χ0v) is 15.5. The Kier molecular flexibility index (Phi) is 7.20. The Bertz CT molecular complexity index is 917. The highest BCUT2D eigenvalue weighted by molar-refractivity contribution is 5.67. The zero-order valence-electron chi connectivity index (χ0n) is 15.5. The standard InChI is InChI=1S/C20H18F4N4O/c1-3-28(27-26-2)19(15-6-4-5-14(11-15)12-25)18(21)13-29-17-9-7-16(8-10-17)20(22,23)24/h4-11,27H,2-3,13H2,1H3/b19-18+. The first-order chi connectivity index (χ1) is 13.8. The van der Waals surface area contributed by atoms with Crippen LogP contribution in [0.3, 0.4) is 0 Å². The average molecular weight is 406 g/mol. The largest absolute Gasteiger partial charge is 0.486 e. The third-order valence-corrected chi connectivity index (χ3v) is 3.85. The molecule has 0 aliphatic rings. The zero-order chi connectivity index (χ0) is 21.4. The number of nitrogens with zero attached hydrogens (tertiary/aromatic N) is 3. The van der Waals surface area contributed by atoms with Crippen molar-refractivity contribution in [3.05, 3.63) is 71.0 Å². The van der Waals surface area contributed by atoms with E-state index in [9.17, 15) is 13.2 Å². The van der Waals surface area contributed by atoms with Crippen molar-refractivity contribution in [2.75, 3.05) is 13.2 Å². The summed E-state index contributed by atoms with van der Waals surface area (Å²) < 4.78 is 58.2. The van der Waals surface area contributed by atoms with Crippen molar-refractivity contribution in [1.82, 2.24) is 10.5 Å². The first-order valence-electron chi connectivity index (χ1n) is 8.48. The lowest BCUT2D eigenvalue weighted by atomic mass is 10.1. The smallest absolute Gasteiger partial charge is 0.416 e. The summed E-state index contributed by atoms with van der Waals surface area (Å²) in [7, 11) is 0. The average Bonchev–Trinajstić information content (AvgIpc) is 2.71. The Morgan fingerprint density at radius 1 is 1.24 bits per heavy atom. The fraction of sp³-hybridized carbons (Fsp3) is 0.200. The number of ether oxygens (including phenoxy) is 1. The van der Waals surface area contributed by atoms with E-state index in [4.69, 9.17) is 10.00 Å². The van der Waals surface area contributed by atoms with Crippen molar-refractivity contribution in [3.8, 4) is 11.8 Å². The van der Waals surface area contributed by atoms with Crippen molar-refractivity contribution in [3.63, 3.8) is 0 Å². The van der Waals surface area contributed by atoms with Gasteiger partial charge in [0.25, 0.3) is 0 Å². The molecule has 0 aliphatic carbocycles. The Balaban J connectivity index is 2.32. The van der Waals surface area contributed by atoms with E-state index in [0.717, 1.165) is 24.3 Å². The molecule has 0 heterocycles. The summed E-state index contributed by atoms with van der Waals surface area (Å²) in [6.07, 6.45) is -4.46. The molecule has 0 aliphatic heterocycles. The van der Waals surface area contributed by atoms with Crippen molar-refractivity contribution in [2.24, 2.45) is 5.10 Å². The fourth-order valence-electron chi connectivity index (χ4n) is 2.51. The lowest BCUT2D eigenvalue weighted by molar-refractivity contribution is -0.137. The van der Waals surface area contributed by atoms with Gasteiger partial charge in [-0.05, 0) is 43.3 Å². The summed E-state index contributed by atoms with van der Waals surface area (Å²) in [4.78, 5) is 0. The molecule has 0 amide bonds. The maximum Gasteiger partial charge on any atom is 0.416 e. The van der Waals surface area contributed by atoms with Crippen LogP contribution < -0.4 is 10.3 Å². The molecular formula is C20H18F4N4O. The second kappa shape index (κ2) is 9.59. The Labute approximate surface area is 165 Å². The number of hydrogen-bond donors (Lipinski definition) is 1. The number of nitrogens with one attached hydrogen (secondary N) is 1. The Morgan fingerprint density at radius 2 is 1.93 bits per heavy atom. The molecule has 2 aromatic carbocycles. The van der Waals surface area contributed by atoms with Gasteiger partial charge in [0.05, 0.1) is 17.2 Å². The molecule has 1 N–H and O–H groups in total. The van der Waals surface area contributed by atoms with E-state index in [1.54, 1.807) is 25.1 Å². The summed E-state index contributed by atoms with van der Waals surface area (Å²) in [5.41, 5.74) is 2.54. The third-order valence-electron chi connectivity index (χ3n) is 3.85. The van der Waals surface area contributed by atoms with Crippen LogP contribution >= 0.6 is 0 Å². The van der Waals surface area contributed by atoms with Gasteiger partial charge in [-0.2, -0.15) is 23.5 Å². The number of hydrazine groups is 1. The minimum absolute atomic E-state index is 0.0731. The molecule has 0 bridgehead atoms. The summed E-state index contributed by atoms with van der Waals surface area (Å²) in [5.74, 6) is -0.630. The maximum atomic E-state index is 15.1. The Hall–Kier alpha value is -3.54. The first-order valence-corrected chi connectivity index (χ1v) is 8.48. The quantitative estimate of drug-likeness (QED) is 0.391. The molecule has 2 aromatic rings. The summed E-state index contributed by atoms with van der Waals surface area (Å²) in [6.45, 7) is 4.83. The van der Waals surface area contributed by atoms with Crippen LogP contribution in [0.4, 0.5) is 17.6 Å². The lowest BCUT2D eigenvalue weighted by Crippen LogP contribution is -2.33. The number of halogens is 4. The predicted molar refractivity (Wildman–Crippen MR) is 101 cm³/mol. The molecule has 0 fully saturated rings. The summed E-state index contributed by atoms with van der Waals surface area (Å²) >= 11 is 0. The number of hydrazone groups is 1. The van der Waals surface area contributed by atoms with Crippen LogP contribution in [0.2, 0.25) is 0 Å². The van der Waals surface area contributed by atoms with E-state index in [0.29, 0.717) is 17.7 Å². The second-order valence-corrected chi connectivity index (χ2v) is 5.76. The van der Waals surface area contributed by atoms with Crippen LogP contribution in [0.5, 0.6) is 5.75 Å². The second-order valence-electron chi connectivity index (χ2n) is 5.76. The van der Waals surface area contributed by atoms with Gasteiger partial charge < -0.3 is 4.74 Å². The number of hydrogen-bond acceptors (Lipinski definition) is 5. The maximum absolute atomic E-state index is 15.1. The van der Waals surface area contributed by atoms with E-state index < -0.39 is 24.2 Å². The topological polar surface area (TPSA) is 60.6 Å². The highest BCUT2D eigenvalue weighted by atomic mass is 19.4. The molecule has 0 unspecified atom stereocenters. The van der Waals surface area contributed by atoms with Crippen molar-refractivity contribution in [2.45, 2.75) is 13.1 Å². The van der Waals surface area contributed by atoms with Crippen molar-refractivity contribution < 1.29 is 22.3 Å². The molecule has 0 aromatic heterocycles. The number of alkyl halides is 3. The molecular weight excluding hydrogens is 388 g/mol. The van der Waals surface area contributed by atoms with E-state index in [1.807, 2.05) is 6.07 Å². The number of rotatable bonds is 8. The van der Waals surface area contributed by atoms with Crippen LogP contribution in [0, 0.1) is 11.3 Å². The molecule has 29 heavy (non-hydrogen) atoms. The highest BCUT2D eigenvalue weighted by Gasteiger charge is 2.30. The fourth-order valence-corrected chi connectivity index (χ4v) is 2.51. The van der Waals surface area contributed by atoms with Crippen LogP contribution in [0.15, 0.2) is 59.5 Å². The number of nitriles is 1. The van der Waals surface area contributed by atoms with E-state index >= 15 is 4.39 Å². The van der Waals surface area contributed by atoms with E-state index in [2.05, 4.69) is 17.4 Å². The molecule has 0 saturated carbocycles. The van der Waals surface area contributed by atoms with Gasteiger partial charge in [0, 0.05) is 18.8 Å². The Morgan fingerprint density at radius 3 is 2.48 bits per heavy atom. The number of benzene rings is 2. The van der Waals surface area contributed by atoms with Crippen LogP contribution in [-0.4, -0.2) is 24.9 Å². The molecule has 0 atom stereocenters. The molecule has 0 spiro atoms. The van der Waals surface area contributed by atoms with Gasteiger partial charge in [-0.25, -0.2) is 9.93 Å². The van der Waals surface area contributed by atoms with Gasteiger partial charge in [-0.3, -0.25) is 5.01 Å². The molecule has 2 rings (SSSR count). The van der Waals surface area contributed by atoms with Gasteiger partial charge in [-0.15, -0.1) is 0 Å². The van der Waals surface area contributed by atoms with Gasteiger partial charge >= 0.3 is 6.18 Å². The minimum Gasteiger partial charge on any atom is -0.486 e. The SMILES string of the molecule is C=NNN(CC)/C(=C(/F)COc1ccc(C(F)(F)F)cc1)c1cccc(C#N)c1. The molecule has 152 valence electrons. The van der Waals surface area contributed by atoms with Gasteiger partial charge in [0.15, 0.2) is 5.83 Å². The summed E-state index contributed by atoms with van der Waals surface area (Å²) in [6, 6.07) is 12.2. The van der Waals surface area contributed by atoms with Crippen molar-refractivity contribution >= 4 is 12.4 Å². The van der Waals surface area contributed by atoms with Gasteiger partial charge in [-0.1, -0.05) is 12.1 Å². The molecule has 0 radical (unpaired) electrons. The normalized spacial score (nSPS) is 11.9. The predicted octanol–water partition coefficient (Wildman–Crippen LogP) is 4.74. The first kappa shape index (κ1) is 21.8. The van der Waals surface area contributed by atoms with Crippen LogP contribution in [0.25, 0.3) is 5.70 Å². The van der Waals surface area contributed by atoms with Crippen molar-refractivity contribution in [1.29, 1.82) is 5.26 Å². The van der Waals surface area contributed by atoms with E-state index in [-0.39, 0.29) is 11.4 Å². The van der Waals surface area contributed by atoms with Gasteiger partial charge in [0.2, 0.25) is 0 Å². The monoisotopic (exact) mass is 406 g/mol. The highest BCUT2D eigenvalue weighted by Crippen LogP contribution is 2.30. The van der Waals surface area contributed by atoms with Crippen LogP contribution in [-0.2, 0) is 6.18 Å². The molecule has 9 heteroatoms. The molecule has 0 saturated heterocycles. The summed E-state index contributed by atoms with van der Waals surface area (Å²) in [5, 5.41) is 14.0. The van der Waals surface area contributed by atoms with Gasteiger partial charge in [0.1, 0.15) is 18.1 Å². The minimum atomic E-state index is -4.46. The lowest BCUT2D eigenvalue weighted by Gasteiger charge is -2.25. The third kappa shape index (κ3) is 5.72.